The topological polar surface area (TPSA) is 65.9 Å². The number of carboxylic acids is 1. The highest BCUT2D eigenvalue weighted by atomic mass is 32.2. The van der Waals surface area contributed by atoms with Crippen molar-refractivity contribution in [1.82, 2.24) is 9.97 Å². The molecule has 1 aromatic carbocycles. The van der Waals surface area contributed by atoms with Crippen LogP contribution < -0.4 is 5.11 Å². The fourth-order valence-corrected chi connectivity index (χ4v) is 6.26. The molecule has 0 aliphatic carbocycles. The fraction of sp³-hybridized carbons (Fsp3) is 0.519. The van der Waals surface area contributed by atoms with Gasteiger partial charge < -0.3 is 9.90 Å². The zero-order valence-corrected chi connectivity index (χ0v) is 20.7. The van der Waals surface area contributed by atoms with Crippen LogP contribution in [0.25, 0.3) is 0 Å². The quantitative estimate of drug-likeness (QED) is 0.447. The summed E-state index contributed by atoms with van der Waals surface area (Å²) in [5.74, 6) is 5.33. The molecule has 0 fully saturated rings. The third kappa shape index (κ3) is 6.36. The molecule has 4 nitrogen and oxygen atoms in total. The second-order valence-corrected chi connectivity index (χ2v) is 11.7. The normalized spacial score (nSPS) is 16.0. The Morgan fingerprint density at radius 3 is 2.53 bits per heavy atom. The van der Waals surface area contributed by atoms with Crippen molar-refractivity contribution in [3.05, 3.63) is 52.6 Å². The summed E-state index contributed by atoms with van der Waals surface area (Å²) in [5.41, 5.74) is 4.75. The highest BCUT2D eigenvalue weighted by molar-refractivity contribution is 8.00. The Kier molecular flexibility index (Phi) is 7.67. The van der Waals surface area contributed by atoms with Crippen molar-refractivity contribution >= 4 is 17.7 Å². The molecular formula is C27H33N2O2S-. The van der Waals surface area contributed by atoms with Crippen molar-refractivity contribution < 1.29 is 9.90 Å². The van der Waals surface area contributed by atoms with E-state index in [4.69, 9.17) is 0 Å². The molecule has 0 atom stereocenters. The Balaban J connectivity index is 1.95. The van der Waals surface area contributed by atoms with Crippen molar-refractivity contribution in [1.29, 1.82) is 0 Å². The monoisotopic (exact) mass is 449 g/mol. The minimum Gasteiger partial charge on any atom is -0.550 e. The number of fused-ring (bicyclic) bond motifs is 1. The molecule has 0 spiro atoms. The van der Waals surface area contributed by atoms with Gasteiger partial charge in [0.05, 0.1) is 18.1 Å². The van der Waals surface area contributed by atoms with Crippen LogP contribution in [0.1, 0.15) is 94.8 Å². The smallest absolute Gasteiger partial charge is 0.131 e. The Labute approximate surface area is 196 Å². The van der Waals surface area contributed by atoms with Gasteiger partial charge in [-0.05, 0) is 53.9 Å². The van der Waals surface area contributed by atoms with E-state index in [1.54, 1.807) is 0 Å². The number of carbonyl (C=O) groups excluding carboxylic acids is 1. The molecule has 170 valence electrons. The molecular weight excluding hydrogens is 416 g/mol. The SMILES string of the molecule is CCCCCCc1cc2c(cc1C#Cc1cnc(CC(=O)[O-])cn1)C(C)(C)CC(C)(C)S2. The highest BCUT2D eigenvalue weighted by Gasteiger charge is 2.38. The maximum Gasteiger partial charge on any atom is 0.131 e. The first-order valence-electron chi connectivity index (χ1n) is 11.5. The van der Waals surface area contributed by atoms with Crippen LogP contribution in [0, 0.1) is 11.8 Å². The van der Waals surface area contributed by atoms with Gasteiger partial charge in [0.1, 0.15) is 5.69 Å². The van der Waals surface area contributed by atoms with E-state index in [-0.39, 0.29) is 16.6 Å². The lowest BCUT2D eigenvalue weighted by Crippen LogP contribution is -2.33. The standard InChI is InChI=1S/C27H34N2O2S/c1-6-7-8-9-10-19-14-24-23(26(2,3)18-27(4,5)32-24)13-20(19)11-12-21-16-29-22(17-28-21)15-25(30)31/h13-14,16-17H,6-10,15,18H2,1-5H3,(H,30,31)/p-1. The van der Waals surface area contributed by atoms with Gasteiger partial charge in [-0.1, -0.05) is 59.8 Å². The van der Waals surface area contributed by atoms with Crippen molar-refractivity contribution in [3.63, 3.8) is 0 Å². The highest BCUT2D eigenvalue weighted by Crippen LogP contribution is 2.51. The van der Waals surface area contributed by atoms with Crippen molar-refractivity contribution in [3.8, 4) is 11.8 Å². The number of aromatic nitrogens is 2. The molecule has 0 saturated carbocycles. The van der Waals surface area contributed by atoms with Crippen LogP contribution in [0.15, 0.2) is 29.4 Å². The van der Waals surface area contributed by atoms with Crippen LogP contribution in [0.3, 0.4) is 0 Å². The first-order valence-corrected chi connectivity index (χ1v) is 12.3. The van der Waals surface area contributed by atoms with Crippen molar-refractivity contribution in [2.24, 2.45) is 0 Å². The second kappa shape index (κ2) is 10.1. The number of hydrogen-bond donors (Lipinski definition) is 0. The van der Waals surface area contributed by atoms with E-state index in [0.717, 1.165) is 24.8 Å². The molecule has 1 aliphatic heterocycles. The Hall–Kier alpha value is -2.32. The largest absolute Gasteiger partial charge is 0.550 e. The molecule has 5 heteroatoms. The summed E-state index contributed by atoms with van der Waals surface area (Å²) in [6, 6.07) is 4.66. The number of rotatable bonds is 7. The molecule has 0 N–H and O–H groups in total. The number of aryl methyl sites for hydroxylation is 1. The molecule has 0 amide bonds. The van der Waals surface area contributed by atoms with Gasteiger partial charge in [0.25, 0.3) is 0 Å². The minimum absolute atomic E-state index is 0.0908. The molecule has 0 radical (unpaired) electrons. The minimum atomic E-state index is -1.16. The van der Waals surface area contributed by atoms with E-state index in [1.165, 1.54) is 47.7 Å². The number of nitrogens with zero attached hydrogens (tertiary/aromatic N) is 2. The summed E-state index contributed by atoms with van der Waals surface area (Å²) >= 11 is 1.98. The lowest BCUT2D eigenvalue weighted by molar-refractivity contribution is -0.304. The Bertz CT molecular complexity index is 1030. The number of benzene rings is 1. The maximum absolute atomic E-state index is 10.7. The van der Waals surface area contributed by atoms with E-state index in [1.807, 2.05) is 11.8 Å². The van der Waals surface area contributed by atoms with Gasteiger partial charge in [0.15, 0.2) is 0 Å². The molecule has 32 heavy (non-hydrogen) atoms. The predicted octanol–water partition coefficient (Wildman–Crippen LogP) is 4.84. The number of carbonyl (C=O) groups is 1. The van der Waals surface area contributed by atoms with Gasteiger partial charge in [-0.2, -0.15) is 0 Å². The first kappa shape index (κ1) is 24.3. The first-order chi connectivity index (χ1) is 15.1. The number of aliphatic carboxylic acids is 1. The molecule has 0 saturated heterocycles. The number of carboxylic acid groups (broad SMARTS) is 1. The summed E-state index contributed by atoms with van der Waals surface area (Å²) in [4.78, 5) is 20.5. The summed E-state index contributed by atoms with van der Waals surface area (Å²) in [6.45, 7) is 11.6. The molecule has 0 bridgehead atoms. The van der Waals surface area contributed by atoms with Gasteiger partial charge in [0, 0.05) is 27.6 Å². The zero-order valence-electron chi connectivity index (χ0n) is 19.9. The van der Waals surface area contributed by atoms with Crippen LogP contribution in [0.2, 0.25) is 0 Å². The average Bonchev–Trinajstić information content (AvgIpc) is 2.69. The van der Waals surface area contributed by atoms with Crippen LogP contribution in [0.4, 0.5) is 0 Å². The van der Waals surface area contributed by atoms with Crippen LogP contribution in [-0.4, -0.2) is 20.7 Å². The average molecular weight is 450 g/mol. The lowest BCUT2D eigenvalue weighted by atomic mass is 9.76. The fourth-order valence-electron chi connectivity index (χ4n) is 4.58. The second-order valence-electron chi connectivity index (χ2n) is 9.93. The summed E-state index contributed by atoms with van der Waals surface area (Å²) < 4.78 is 0.214. The summed E-state index contributed by atoms with van der Waals surface area (Å²) in [6.07, 6.45) is 9.77. The van der Waals surface area contributed by atoms with Crippen molar-refractivity contribution in [2.45, 2.75) is 94.6 Å². The molecule has 1 aliphatic rings. The van der Waals surface area contributed by atoms with E-state index < -0.39 is 5.97 Å². The van der Waals surface area contributed by atoms with Gasteiger partial charge in [-0.25, -0.2) is 4.98 Å². The zero-order chi connectivity index (χ0) is 23.4. The number of hydrogen-bond acceptors (Lipinski definition) is 5. The lowest BCUT2D eigenvalue weighted by Gasteiger charge is -2.42. The molecule has 1 aromatic heterocycles. The third-order valence-electron chi connectivity index (χ3n) is 5.84. The van der Waals surface area contributed by atoms with E-state index in [9.17, 15) is 9.90 Å². The van der Waals surface area contributed by atoms with Gasteiger partial charge in [-0.3, -0.25) is 4.98 Å². The molecule has 3 rings (SSSR count). The van der Waals surface area contributed by atoms with Crippen LogP contribution in [-0.2, 0) is 23.1 Å². The Morgan fingerprint density at radius 1 is 1.09 bits per heavy atom. The van der Waals surface area contributed by atoms with Gasteiger partial charge in [0.2, 0.25) is 0 Å². The predicted molar refractivity (Wildman–Crippen MR) is 129 cm³/mol. The number of unbranched alkanes of at least 4 members (excludes halogenated alkanes) is 3. The maximum atomic E-state index is 10.7. The molecule has 2 heterocycles. The van der Waals surface area contributed by atoms with E-state index in [0.29, 0.717) is 11.4 Å². The van der Waals surface area contributed by atoms with E-state index in [2.05, 4.69) is 68.6 Å². The number of thioether (sulfide) groups is 1. The van der Waals surface area contributed by atoms with Gasteiger partial charge >= 0.3 is 0 Å². The van der Waals surface area contributed by atoms with Crippen molar-refractivity contribution in [2.75, 3.05) is 0 Å². The van der Waals surface area contributed by atoms with Gasteiger partial charge in [-0.15, -0.1) is 11.8 Å². The summed E-state index contributed by atoms with van der Waals surface area (Å²) in [7, 11) is 0. The summed E-state index contributed by atoms with van der Waals surface area (Å²) in [5, 5.41) is 10.7. The Morgan fingerprint density at radius 2 is 1.88 bits per heavy atom. The molecule has 2 aromatic rings. The third-order valence-corrected chi connectivity index (χ3v) is 7.10. The van der Waals surface area contributed by atoms with Crippen LogP contribution >= 0.6 is 11.8 Å². The van der Waals surface area contributed by atoms with E-state index >= 15 is 0 Å². The molecule has 0 unspecified atom stereocenters. The van der Waals surface area contributed by atoms with Crippen LogP contribution in [0.5, 0.6) is 0 Å².